The first kappa shape index (κ1) is 15.9. The maximum atomic E-state index is 5.18. The average molecular weight is 237 g/mol. The third kappa shape index (κ3) is 13.9. The van der Waals surface area contributed by atoms with Crippen LogP contribution in [0.3, 0.4) is 0 Å². The molecular formula is C18H21. The van der Waals surface area contributed by atoms with Gasteiger partial charge in [0.2, 0.25) is 0 Å². The van der Waals surface area contributed by atoms with E-state index >= 15 is 0 Å². The highest BCUT2D eigenvalue weighted by Gasteiger charge is 1.64. The second kappa shape index (κ2) is 14.9. The van der Waals surface area contributed by atoms with Crippen molar-refractivity contribution >= 4 is 0 Å². The molecule has 0 aromatic carbocycles. The van der Waals surface area contributed by atoms with Gasteiger partial charge in [-0.15, -0.1) is 0 Å². The van der Waals surface area contributed by atoms with Crippen LogP contribution < -0.4 is 0 Å². The van der Waals surface area contributed by atoms with Gasteiger partial charge in [0, 0.05) is 0 Å². The summed E-state index contributed by atoms with van der Waals surface area (Å²) in [4.78, 5) is 0. The molecular weight excluding hydrogens is 216 g/mol. The molecule has 0 aliphatic rings. The van der Waals surface area contributed by atoms with Gasteiger partial charge in [0.25, 0.3) is 0 Å². The van der Waals surface area contributed by atoms with Crippen molar-refractivity contribution in [1.82, 2.24) is 0 Å². The summed E-state index contributed by atoms with van der Waals surface area (Å²) < 4.78 is 0. The van der Waals surface area contributed by atoms with E-state index in [1.54, 1.807) is 6.08 Å². The Labute approximate surface area is 111 Å². The van der Waals surface area contributed by atoms with Crippen molar-refractivity contribution in [2.75, 3.05) is 0 Å². The van der Waals surface area contributed by atoms with Crippen molar-refractivity contribution in [1.29, 1.82) is 0 Å². The molecule has 0 heterocycles. The maximum absolute atomic E-state index is 5.18. The molecule has 0 fully saturated rings. The van der Waals surface area contributed by atoms with E-state index < -0.39 is 0 Å². The molecule has 0 saturated heterocycles. The lowest BCUT2D eigenvalue weighted by atomic mass is 10.3. The summed E-state index contributed by atoms with van der Waals surface area (Å²) in [6.45, 7) is 7.30. The Morgan fingerprint density at radius 3 is 1.22 bits per heavy atom. The SMILES string of the molecule is [CH]=CC=CC=CC=CC=CC=CC=CC=CCC. The van der Waals surface area contributed by atoms with Crippen LogP contribution >= 0.6 is 0 Å². The van der Waals surface area contributed by atoms with Crippen molar-refractivity contribution in [2.24, 2.45) is 0 Å². The summed E-state index contributed by atoms with van der Waals surface area (Å²) in [5, 5.41) is 0. The Kier molecular flexibility index (Phi) is 13.2. The Hall–Kier alpha value is -2.08. The van der Waals surface area contributed by atoms with Gasteiger partial charge in [-0.3, -0.25) is 0 Å². The molecule has 0 aliphatic carbocycles. The molecule has 0 atom stereocenters. The summed E-state index contributed by atoms with van der Waals surface area (Å²) in [6, 6.07) is 0. The zero-order chi connectivity index (χ0) is 13.3. The van der Waals surface area contributed by atoms with Crippen molar-refractivity contribution in [3.63, 3.8) is 0 Å². The molecule has 0 saturated carbocycles. The summed E-state index contributed by atoms with van der Waals surface area (Å²) in [7, 11) is 0. The molecule has 0 aliphatic heterocycles. The smallest absolute Gasteiger partial charge is 0.0376 e. The van der Waals surface area contributed by atoms with Crippen molar-refractivity contribution < 1.29 is 0 Å². The molecule has 1 radical (unpaired) electrons. The van der Waals surface area contributed by atoms with Gasteiger partial charge < -0.3 is 0 Å². The van der Waals surface area contributed by atoms with Gasteiger partial charge in [0.15, 0.2) is 0 Å². The Morgan fingerprint density at radius 1 is 0.556 bits per heavy atom. The summed E-state index contributed by atoms with van der Waals surface area (Å²) >= 11 is 0. The van der Waals surface area contributed by atoms with Crippen LogP contribution in [0, 0.1) is 6.58 Å². The monoisotopic (exact) mass is 237 g/mol. The fraction of sp³-hybridized carbons (Fsp3) is 0.111. The van der Waals surface area contributed by atoms with E-state index in [0.29, 0.717) is 0 Å². The minimum Gasteiger partial charge on any atom is -0.0848 e. The highest BCUT2D eigenvalue weighted by molar-refractivity contribution is 5.20. The molecule has 0 N–H and O–H groups in total. The third-order valence-corrected chi connectivity index (χ3v) is 1.82. The quantitative estimate of drug-likeness (QED) is 0.504. The number of hydrogen-bond acceptors (Lipinski definition) is 0. The van der Waals surface area contributed by atoms with Crippen molar-refractivity contribution in [3.05, 3.63) is 97.7 Å². The molecule has 0 rings (SSSR count). The predicted octanol–water partition coefficient (Wildman–Crippen LogP) is 5.28. The number of hydrogen-bond donors (Lipinski definition) is 0. The maximum Gasteiger partial charge on any atom is -0.0376 e. The van der Waals surface area contributed by atoms with Crippen molar-refractivity contribution in [3.8, 4) is 0 Å². The topological polar surface area (TPSA) is 0 Å². The van der Waals surface area contributed by atoms with Gasteiger partial charge in [-0.05, 0) is 6.42 Å². The molecule has 18 heavy (non-hydrogen) atoms. The molecule has 0 aromatic heterocycles. The fourth-order valence-electron chi connectivity index (χ4n) is 0.984. The lowest BCUT2D eigenvalue weighted by molar-refractivity contribution is 1.22. The molecule has 0 unspecified atom stereocenters. The Morgan fingerprint density at radius 2 is 0.889 bits per heavy atom. The van der Waals surface area contributed by atoms with Gasteiger partial charge in [0.1, 0.15) is 0 Å². The van der Waals surface area contributed by atoms with Gasteiger partial charge in [0.05, 0.1) is 0 Å². The molecule has 0 spiro atoms. The summed E-state index contributed by atoms with van der Waals surface area (Å²) in [6.07, 6.45) is 30.2. The minimum atomic E-state index is 1.07. The van der Waals surface area contributed by atoms with Crippen LogP contribution in [0.25, 0.3) is 0 Å². The first-order valence-electron chi connectivity index (χ1n) is 6.12. The van der Waals surface area contributed by atoms with Gasteiger partial charge in [-0.1, -0.05) is 105 Å². The third-order valence-electron chi connectivity index (χ3n) is 1.82. The molecule has 0 nitrogen and oxygen atoms in total. The van der Waals surface area contributed by atoms with Gasteiger partial charge in [-0.25, -0.2) is 0 Å². The van der Waals surface area contributed by atoms with Crippen LogP contribution in [0.4, 0.5) is 0 Å². The van der Waals surface area contributed by atoms with Crippen LogP contribution in [-0.2, 0) is 0 Å². The first-order chi connectivity index (χ1) is 8.91. The second-order valence-electron chi connectivity index (χ2n) is 3.34. The molecule has 0 aromatic rings. The van der Waals surface area contributed by atoms with Crippen LogP contribution in [0.5, 0.6) is 0 Å². The van der Waals surface area contributed by atoms with E-state index in [2.05, 4.69) is 13.0 Å². The first-order valence-corrected chi connectivity index (χ1v) is 6.12. The molecule has 0 bridgehead atoms. The molecule has 0 heteroatoms. The zero-order valence-corrected chi connectivity index (χ0v) is 10.9. The van der Waals surface area contributed by atoms with E-state index in [4.69, 9.17) is 6.58 Å². The van der Waals surface area contributed by atoms with Crippen molar-refractivity contribution in [2.45, 2.75) is 13.3 Å². The van der Waals surface area contributed by atoms with Crippen LogP contribution in [0.2, 0.25) is 0 Å². The summed E-state index contributed by atoms with van der Waals surface area (Å²) in [5.41, 5.74) is 0. The van der Waals surface area contributed by atoms with Crippen LogP contribution in [0.15, 0.2) is 91.1 Å². The van der Waals surface area contributed by atoms with E-state index in [9.17, 15) is 0 Å². The zero-order valence-electron chi connectivity index (χ0n) is 10.9. The highest BCUT2D eigenvalue weighted by atomic mass is 13.7. The van der Waals surface area contributed by atoms with Crippen LogP contribution in [0.1, 0.15) is 13.3 Å². The van der Waals surface area contributed by atoms with Gasteiger partial charge >= 0.3 is 0 Å². The lowest BCUT2D eigenvalue weighted by Crippen LogP contribution is -1.54. The van der Waals surface area contributed by atoms with Gasteiger partial charge in [-0.2, -0.15) is 0 Å². The van der Waals surface area contributed by atoms with E-state index in [1.807, 2.05) is 72.9 Å². The van der Waals surface area contributed by atoms with E-state index in [0.717, 1.165) is 6.42 Å². The fourth-order valence-corrected chi connectivity index (χ4v) is 0.984. The van der Waals surface area contributed by atoms with Crippen LogP contribution in [-0.4, -0.2) is 0 Å². The normalized spacial score (nSPS) is 13.8. The number of allylic oxidation sites excluding steroid dienone is 15. The average Bonchev–Trinajstić information content (AvgIpc) is 2.39. The second-order valence-corrected chi connectivity index (χ2v) is 3.34. The largest absolute Gasteiger partial charge is 0.0848 e. The standard InChI is InChI=1S/C18H21/c1-3-5-7-9-11-13-15-17-18-16-14-12-10-8-6-4-2/h1,3,5-18H,4H2,2H3. The summed E-state index contributed by atoms with van der Waals surface area (Å²) in [5.74, 6) is 0. The molecule has 0 amide bonds. The lowest BCUT2D eigenvalue weighted by Gasteiger charge is -1.75. The Bertz CT molecular complexity index is 382. The minimum absolute atomic E-state index is 1.07. The predicted molar refractivity (Wildman–Crippen MR) is 83.1 cm³/mol. The highest BCUT2D eigenvalue weighted by Crippen LogP contribution is 1.86. The Balaban J connectivity index is 3.79. The van der Waals surface area contributed by atoms with E-state index in [-0.39, 0.29) is 0 Å². The molecule has 93 valence electrons. The van der Waals surface area contributed by atoms with E-state index in [1.165, 1.54) is 6.08 Å². The number of rotatable bonds is 8.